The van der Waals surface area contributed by atoms with E-state index in [2.05, 4.69) is 25.9 Å². The Balaban J connectivity index is 1.85. The number of carbonyl (C=O) groups excluding carboxylic acids is 1. The van der Waals surface area contributed by atoms with Crippen molar-refractivity contribution in [2.24, 2.45) is 0 Å². The average Bonchev–Trinajstić information content (AvgIpc) is 2.65. The maximum atomic E-state index is 12.7. The van der Waals surface area contributed by atoms with E-state index in [-0.39, 0.29) is 24.1 Å². The van der Waals surface area contributed by atoms with Gasteiger partial charge in [0, 0.05) is 16.6 Å². The largest absolute Gasteiger partial charge is 0.329 e. The van der Waals surface area contributed by atoms with E-state index in [1.807, 2.05) is 44.2 Å². The molecule has 2 aromatic carbocycles. The second kappa shape index (κ2) is 8.31. The fourth-order valence-corrected chi connectivity index (χ4v) is 3.17. The number of H-pyrrole nitrogens is 1. The van der Waals surface area contributed by atoms with Crippen molar-refractivity contribution in [1.29, 1.82) is 0 Å². The Kier molecular flexibility index (Phi) is 5.86. The molecule has 0 radical (unpaired) electrons. The Morgan fingerprint density at radius 3 is 2.63 bits per heavy atom. The molecule has 3 rings (SSSR count). The lowest BCUT2D eigenvalue weighted by Gasteiger charge is -2.25. The van der Waals surface area contributed by atoms with Gasteiger partial charge in [-0.15, -0.1) is 0 Å². The van der Waals surface area contributed by atoms with E-state index >= 15 is 0 Å². The number of hydrogen-bond acceptors (Lipinski definition) is 3. The van der Waals surface area contributed by atoms with Crippen molar-refractivity contribution in [3.8, 4) is 0 Å². The number of nitrogens with zero attached hydrogens (tertiary/aromatic N) is 2. The van der Waals surface area contributed by atoms with Gasteiger partial charge in [0.25, 0.3) is 5.56 Å². The molecule has 1 N–H and O–H groups in total. The zero-order chi connectivity index (χ0) is 19.4. The highest BCUT2D eigenvalue weighted by molar-refractivity contribution is 9.10. The van der Waals surface area contributed by atoms with E-state index in [0.29, 0.717) is 16.7 Å². The summed E-state index contributed by atoms with van der Waals surface area (Å²) in [5.74, 6) is 0.326. The molecule has 27 heavy (non-hydrogen) atoms. The average molecular weight is 426 g/mol. The second-order valence-electron chi connectivity index (χ2n) is 6.44. The predicted octanol–water partition coefficient (Wildman–Crippen LogP) is 4.14. The number of benzene rings is 2. The van der Waals surface area contributed by atoms with Crippen LogP contribution < -0.4 is 5.56 Å². The summed E-state index contributed by atoms with van der Waals surface area (Å²) in [6.45, 7) is 4.10. The van der Waals surface area contributed by atoms with Crippen LogP contribution in [-0.4, -0.2) is 26.8 Å². The van der Waals surface area contributed by atoms with E-state index in [0.717, 1.165) is 10.0 Å². The highest BCUT2D eigenvalue weighted by atomic mass is 79.9. The molecule has 1 aromatic heterocycles. The molecule has 0 aliphatic heterocycles. The molecule has 0 aliphatic carbocycles. The highest BCUT2D eigenvalue weighted by Crippen LogP contribution is 2.17. The number of aromatic nitrogens is 2. The molecule has 1 heterocycles. The Bertz CT molecular complexity index is 1060. The molecule has 0 unspecified atom stereocenters. The number of fused-ring (bicyclic) bond motifs is 1. The first-order chi connectivity index (χ1) is 13.0. The van der Waals surface area contributed by atoms with Crippen LogP contribution >= 0.6 is 15.9 Å². The molecule has 3 aromatic rings. The Morgan fingerprint density at radius 1 is 1.19 bits per heavy atom. The van der Waals surface area contributed by atoms with Crippen LogP contribution in [0.25, 0.3) is 17.0 Å². The van der Waals surface area contributed by atoms with Gasteiger partial charge in [0.15, 0.2) is 0 Å². The second-order valence-corrected chi connectivity index (χ2v) is 7.30. The van der Waals surface area contributed by atoms with E-state index < -0.39 is 0 Å². The van der Waals surface area contributed by atoms with Crippen LogP contribution in [0.5, 0.6) is 0 Å². The number of aromatic amines is 1. The van der Waals surface area contributed by atoms with E-state index in [1.54, 1.807) is 35.3 Å². The van der Waals surface area contributed by atoms with Gasteiger partial charge in [0.1, 0.15) is 5.82 Å². The lowest BCUT2D eigenvalue weighted by atomic mass is 10.2. The highest BCUT2D eigenvalue weighted by Gasteiger charge is 2.17. The maximum absolute atomic E-state index is 12.7. The van der Waals surface area contributed by atoms with Crippen molar-refractivity contribution in [3.63, 3.8) is 0 Å². The summed E-state index contributed by atoms with van der Waals surface area (Å²) in [6, 6.07) is 14.8. The first-order valence-corrected chi connectivity index (χ1v) is 9.46. The molecule has 5 nitrogen and oxygen atoms in total. The van der Waals surface area contributed by atoms with Gasteiger partial charge in [-0.2, -0.15) is 0 Å². The predicted molar refractivity (Wildman–Crippen MR) is 111 cm³/mol. The van der Waals surface area contributed by atoms with Crippen LogP contribution in [0.3, 0.4) is 0 Å². The van der Waals surface area contributed by atoms with Crippen molar-refractivity contribution in [2.45, 2.75) is 26.4 Å². The molecule has 6 heteroatoms. The minimum atomic E-state index is -0.199. The van der Waals surface area contributed by atoms with Crippen molar-refractivity contribution in [1.82, 2.24) is 14.9 Å². The summed E-state index contributed by atoms with van der Waals surface area (Å²) < 4.78 is 0.922. The summed E-state index contributed by atoms with van der Waals surface area (Å²) in [4.78, 5) is 33.9. The van der Waals surface area contributed by atoms with Gasteiger partial charge < -0.3 is 9.88 Å². The zero-order valence-corrected chi connectivity index (χ0v) is 16.7. The molecule has 0 saturated carbocycles. The Hall–Kier alpha value is -2.73. The van der Waals surface area contributed by atoms with Gasteiger partial charge >= 0.3 is 0 Å². The number of amides is 1. The molecule has 0 bridgehead atoms. The van der Waals surface area contributed by atoms with Crippen LogP contribution in [0, 0.1) is 0 Å². The van der Waals surface area contributed by atoms with Gasteiger partial charge in [-0.05, 0) is 43.7 Å². The zero-order valence-electron chi connectivity index (χ0n) is 15.1. The Labute approximate surface area is 165 Å². The van der Waals surface area contributed by atoms with Crippen LogP contribution in [0.2, 0.25) is 0 Å². The molecular weight excluding hydrogens is 406 g/mol. The quantitative estimate of drug-likeness (QED) is 0.624. The fraction of sp³-hybridized carbons (Fsp3) is 0.190. The van der Waals surface area contributed by atoms with Crippen molar-refractivity contribution >= 4 is 38.8 Å². The van der Waals surface area contributed by atoms with Gasteiger partial charge in [0.2, 0.25) is 5.91 Å². The normalized spacial score (nSPS) is 11.4. The summed E-state index contributed by atoms with van der Waals surface area (Å²) in [7, 11) is 0. The summed E-state index contributed by atoms with van der Waals surface area (Å²) >= 11 is 3.47. The van der Waals surface area contributed by atoms with Gasteiger partial charge in [-0.3, -0.25) is 9.59 Å². The summed E-state index contributed by atoms with van der Waals surface area (Å²) in [5, 5.41) is 0.539. The van der Waals surface area contributed by atoms with E-state index in [1.165, 1.54) is 0 Å². The maximum Gasteiger partial charge on any atom is 0.258 e. The van der Waals surface area contributed by atoms with Crippen molar-refractivity contribution in [3.05, 3.63) is 80.8 Å². The molecule has 0 spiro atoms. The first-order valence-electron chi connectivity index (χ1n) is 8.67. The van der Waals surface area contributed by atoms with Crippen LogP contribution in [-0.2, 0) is 11.3 Å². The molecule has 138 valence electrons. The number of carbonyl (C=O) groups is 1. The fourth-order valence-electron chi connectivity index (χ4n) is 2.75. The van der Waals surface area contributed by atoms with Crippen LogP contribution in [0.1, 0.15) is 25.2 Å². The first kappa shape index (κ1) is 19.0. The standard InChI is InChI=1S/C21H20BrN3O2/c1-14(2)25(20(26)12-11-15-7-3-5-9-17(15)22)13-19-23-18-10-6-4-8-16(18)21(27)24-19/h3-12,14H,13H2,1-2H3,(H,23,24,27)/b12-11+. The van der Waals surface area contributed by atoms with Crippen molar-refractivity contribution < 1.29 is 4.79 Å². The smallest absolute Gasteiger partial charge is 0.258 e. The molecule has 0 atom stereocenters. The third-order valence-corrected chi connectivity index (χ3v) is 4.92. The summed E-state index contributed by atoms with van der Waals surface area (Å²) in [6.07, 6.45) is 3.32. The number of nitrogens with one attached hydrogen (secondary N) is 1. The summed E-state index contributed by atoms with van der Waals surface area (Å²) in [5.41, 5.74) is 1.35. The third-order valence-electron chi connectivity index (χ3n) is 4.20. The van der Waals surface area contributed by atoms with Gasteiger partial charge in [-0.1, -0.05) is 46.3 Å². The monoisotopic (exact) mass is 425 g/mol. The van der Waals surface area contributed by atoms with Crippen molar-refractivity contribution in [2.75, 3.05) is 0 Å². The van der Waals surface area contributed by atoms with Gasteiger partial charge in [-0.25, -0.2) is 4.98 Å². The van der Waals surface area contributed by atoms with Crippen LogP contribution in [0.15, 0.2) is 63.9 Å². The lowest BCUT2D eigenvalue weighted by Crippen LogP contribution is -2.36. The minimum absolute atomic E-state index is 0.0434. The lowest BCUT2D eigenvalue weighted by molar-refractivity contribution is -0.128. The topological polar surface area (TPSA) is 66.1 Å². The number of rotatable bonds is 5. The SMILES string of the molecule is CC(C)N(Cc1nc2ccccc2c(=O)[nH]1)C(=O)/C=C/c1ccccc1Br. The third kappa shape index (κ3) is 4.52. The molecule has 0 saturated heterocycles. The minimum Gasteiger partial charge on any atom is -0.329 e. The molecular formula is C21H20BrN3O2. The number of hydrogen-bond donors (Lipinski definition) is 1. The number of halogens is 1. The molecule has 0 aliphatic rings. The van der Waals surface area contributed by atoms with E-state index in [4.69, 9.17) is 0 Å². The number of para-hydroxylation sites is 1. The Morgan fingerprint density at radius 2 is 1.89 bits per heavy atom. The molecule has 0 fully saturated rings. The van der Waals surface area contributed by atoms with Gasteiger partial charge in [0.05, 0.1) is 17.4 Å². The molecule has 1 amide bonds. The van der Waals surface area contributed by atoms with E-state index in [9.17, 15) is 9.59 Å². The van der Waals surface area contributed by atoms with Crippen LogP contribution in [0.4, 0.5) is 0 Å².